The number of rotatable bonds is 6. The van der Waals surface area contributed by atoms with Crippen LogP contribution in [0, 0.1) is 0 Å². The third-order valence-corrected chi connectivity index (χ3v) is 4.64. The summed E-state index contributed by atoms with van der Waals surface area (Å²) in [5.41, 5.74) is 7.41. The average Bonchev–Trinajstić information content (AvgIpc) is 2.74. The fraction of sp³-hybridized carbons (Fsp3) is 0.250. The van der Waals surface area contributed by atoms with Crippen LogP contribution >= 0.6 is 11.6 Å². The monoisotopic (exact) mass is 431 g/mol. The van der Waals surface area contributed by atoms with Crippen LogP contribution in [0.4, 0.5) is 21.9 Å². The van der Waals surface area contributed by atoms with Crippen LogP contribution in [0.1, 0.15) is 0 Å². The molecular weight excluding hydrogens is 410 g/mol. The number of nitrogens with zero attached hydrogens (tertiary/aromatic N) is 1. The SMILES string of the molecule is NC[C@@H](NC(=O)Nc1ccc(Cl)cc1)C(=O)Nc1ccc(N2CCOCC2=O)cc1. The highest BCUT2D eigenvalue weighted by atomic mass is 35.5. The number of carbonyl (C=O) groups excluding carboxylic acids is 3. The summed E-state index contributed by atoms with van der Waals surface area (Å²) in [6.45, 7) is 0.930. The van der Waals surface area contributed by atoms with Crippen LogP contribution in [-0.2, 0) is 14.3 Å². The van der Waals surface area contributed by atoms with Gasteiger partial charge < -0.3 is 31.3 Å². The molecule has 1 heterocycles. The van der Waals surface area contributed by atoms with E-state index in [1.54, 1.807) is 53.4 Å². The number of nitrogens with two attached hydrogens (primary N) is 1. The van der Waals surface area contributed by atoms with E-state index in [1.807, 2.05) is 0 Å². The van der Waals surface area contributed by atoms with Gasteiger partial charge in [0.2, 0.25) is 5.91 Å². The molecule has 0 unspecified atom stereocenters. The molecule has 1 fully saturated rings. The highest BCUT2D eigenvalue weighted by molar-refractivity contribution is 6.30. The van der Waals surface area contributed by atoms with Gasteiger partial charge in [-0.1, -0.05) is 11.6 Å². The molecule has 2 aromatic rings. The van der Waals surface area contributed by atoms with Crippen LogP contribution in [0.3, 0.4) is 0 Å². The normalized spacial score (nSPS) is 14.7. The number of amides is 4. The second-order valence-corrected chi connectivity index (χ2v) is 6.96. The van der Waals surface area contributed by atoms with E-state index in [0.29, 0.717) is 29.5 Å². The molecular formula is C20H22ClN5O4. The minimum Gasteiger partial charge on any atom is -0.370 e. The minimum atomic E-state index is -0.933. The Kier molecular flexibility index (Phi) is 7.23. The molecule has 3 rings (SSSR count). The molecule has 1 aliphatic rings. The third-order valence-electron chi connectivity index (χ3n) is 4.39. The molecule has 10 heteroatoms. The minimum absolute atomic E-state index is 0.0560. The lowest BCUT2D eigenvalue weighted by Crippen LogP contribution is -2.49. The second kappa shape index (κ2) is 10.1. The van der Waals surface area contributed by atoms with Crippen LogP contribution in [0.25, 0.3) is 0 Å². The number of anilines is 3. The molecule has 5 N–H and O–H groups in total. The van der Waals surface area contributed by atoms with Crippen molar-refractivity contribution < 1.29 is 19.1 Å². The van der Waals surface area contributed by atoms with Crippen molar-refractivity contribution in [3.63, 3.8) is 0 Å². The molecule has 4 amide bonds. The Morgan fingerprint density at radius 3 is 2.33 bits per heavy atom. The van der Waals surface area contributed by atoms with E-state index in [9.17, 15) is 14.4 Å². The lowest BCUT2D eigenvalue weighted by molar-refractivity contribution is -0.125. The van der Waals surface area contributed by atoms with Crippen LogP contribution < -0.4 is 26.6 Å². The lowest BCUT2D eigenvalue weighted by atomic mass is 10.2. The Balaban J connectivity index is 1.55. The first-order chi connectivity index (χ1) is 14.5. The second-order valence-electron chi connectivity index (χ2n) is 6.53. The Labute approximate surface area is 178 Å². The summed E-state index contributed by atoms with van der Waals surface area (Å²) in [6, 6.07) is 11.9. The van der Waals surface area contributed by atoms with Gasteiger partial charge in [0.25, 0.3) is 5.91 Å². The Morgan fingerprint density at radius 2 is 1.70 bits per heavy atom. The van der Waals surface area contributed by atoms with Crippen molar-refractivity contribution in [2.75, 3.05) is 41.8 Å². The summed E-state index contributed by atoms with van der Waals surface area (Å²) in [7, 11) is 0. The van der Waals surface area contributed by atoms with Crippen molar-refractivity contribution in [2.24, 2.45) is 5.73 Å². The zero-order chi connectivity index (χ0) is 21.5. The van der Waals surface area contributed by atoms with Gasteiger partial charge in [0, 0.05) is 35.2 Å². The predicted octanol–water partition coefficient (Wildman–Crippen LogP) is 1.79. The quantitative estimate of drug-likeness (QED) is 0.554. The molecule has 0 spiro atoms. The summed E-state index contributed by atoms with van der Waals surface area (Å²) in [5, 5.41) is 8.39. The van der Waals surface area contributed by atoms with E-state index < -0.39 is 18.0 Å². The van der Waals surface area contributed by atoms with E-state index in [-0.39, 0.29) is 19.1 Å². The van der Waals surface area contributed by atoms with Gasteiger partial charge >= 0.3 is 6.03 Å². The third kappa shape index (κ3) is 5.69. The molecule has 0 radical (unpaired) electrons. The maximum Gasteiger partial charge on any atom is 0.319 e. The zero-order valence-corrected chi connectivity index (χ0v) is 16.8. The first-order valence-electron chi connectivity index (χ1n) is 9.28. The van der Waals surface area contributed by atoms with Gasteiger partial charge in [0.1, 0.15) is 12.6 Å². The smallest absolute Gasteiger partial charge is 0.319 e. The number of hydrogen-bond donors (Lipinski definition) is 4. The van der Waals surface area contributed by atoms with Gasteiger partial charge in [-0.3, -0.25) is 9.59 Å². The van der Waals surface area contributed by atoms with Gasteiger partial charge in [-0.05, 0) is 48.5 Å². The van der Waals surface area contributed by atoms with Crippen molar-refractivity contribution in [3.8, 4) is 0 Å². The van der Waals surface area contributed by atoms with Crippen molar-refractivity contribution >= 4 is 46.5 Å². The summed E-state index contributed by atoms with van der Waals surface area (Å²) in [4.78, 5) is 38.1. The van der Waals surface area contributed by atoms with E-state index >= 15 is 0 Å². The van der Waals surface area contributed by atoms with E-state index in [0.717, 1.165) is 5.69 Å². The van der Waals surface area contributed by atoms with Crippen molar-refractivity contribution in [2.45, 2.75) is 6.04 Å². The highest BCUT2D eigenvalue weighted by Gasteiger charge is 2.21. The number of nitrogens with one attached hydrogen (secondary N) is 3. The number of halogens is 1. The summed E-state index contributed by atoms with van der Waals surface area (Å²) in [5.74, 6) is -0.573. The Hall–Kier alpha value is -3.14. The molecule has 0 saturated carbocycles. The average molecular weight is 432 g/mol. The van der Waals surface area contributed by atoms with E-state index in [1.165, 1.54) is 0 Å². The van der Waals surface area contributed by atoms with Gasteiger partial charge in [0.15, 0.2) is 0 Å². The standard InChI is InChI=1S/C20H22ClN5O4/c21-13-1-3-15(4-2-13)24-20(29)25-17(11-22)19(28)23-14-5-7-16(8-6-14)26-9-10-30-12-18(26)27/h1-8,17H,9-12,22H2,(H,23,28)(H2,24,25,29)/t17-/m1/s1. The molecule has 158 valence electrons. The molecule has 1 atom stereocenters. The van der Waals surface area contributed by atoms with Gasteiger partial charge in [0.05, 0.1) is 6.61 Å². The zero-order valence-electron chi connectivity index (χ0n) is 16.1. The maximum atomic E-state index is 12.5. The first kappa shape index (κ1) is 21.6. The molecule has 0 bridgehead atoms. The van der Waals surface area contributed by atoms with Crippen LogP contribution in [0.15, 0.2) is 48.5 Å². The number of benzene rings is 2. The first-order valence-corrected chi connectivity index (χ1v) is 9.66. The molecule has 2 aromatic carbocycles. The van der Waals surface area contributed by atoms with Crippen molar-refractivity contribution in [1.29, 1.82) is 0 Å². The Morgan fingerprint density at radius 1 is 1.07 bits per heavy atom. The fourth-order valence-electron chi connectivity index (χ4n) is 2.84. The van der Waals surface area contributed by atoms with Gasteiger partial charge in [-0.15, -0.1) is 0 Å². The molecule has 9 nitrogen and oxygen atoms in total. The number of hydrogen-bond acceptors (Lipinski definition) is 5. The molecule has 1 saturated heterocycles. The Bertz CT molecular complexity index is 904. The predicted molar refractivity (Wildman–Crippen MR) is 115 cm³/mol. The molecule has 0 aliphatic carbocycles. The number of urea groups is 1. The van der Waals surface area contributed by atoms with Gasteiger partial charge in [-0.25, -0.2) is 4.79 Å². The molecule has 30 heavy (non-hydrogen) atoms. The lowest BCUT2D eigenvalue weighted by Gasteiger charge is -2.27. The summed E-state index contributed by atoms with van der Waals surface area (Å²) >= 11 is 5.81. The molecule has 1 aliphatic heterocycles. The summed E-state index contributed by atoms with van der Waals surface area (Å²) < 4.78 is 5.12. The van der Waals surface area contributed by atoms with Crippen LogP contribution in [0.2, 0.25) is 5.02 Å². The van der Waals surface area contributed by atoms with Crippen molar-refractivity contribution in [1.82, 2.24) is 5.32 Å². The van der Waals surface area contributed by atoms with Crippen molar-refractivity contribution in [3.05, 3.63) is 53.6 Å². The van der Waals surface area contributed by atoms with Gasteiger partial charge in [-0.2, -0.15) is 0 Å². The fourth-order valence-corrected chi connectivity index (χ4v) is 2.96. The van der Waals surface area contributed by atoms with Crippen LogP contribution in [0.5, 0.6) is 0 Å². The van der Waals surface area contributed by atoms with E-state index in [4.69, 9.17) is 22.1 Å². The number of carbonyl (C=O) groups is 3. The van der Waals surface area contributed by atoms with Crippen LogP contribution in [-0.4, -0.2) is 50.2 Å². The van der Waals surface area contributed by atoms with E-state index in [2.05, 4.69) is 16.0 Å². The topological polar surface area (TPSA) is 126 Å². The number of ether oxygens (including phenoxy) is 1. The number of morpholine rings is 1. The maximum absolute atomic E-state index is 12.5. The highest BCUT2D eigenvalue weighted by Crippen LogP contribution is 2.20. The largest absolute Gasteiger partial charge is 0.370 e. The summed E-state index contributed by atoms with van der Waals surface area (Å²) in [6.07, 6.45) is 0. The molecule has 0 aromatic heterocycles.